The first-order valence-corrected chi connectivity index (χ1v) is 12.1. The van der Waals surface area contributed by atoms with Crippen LogP contribution in [0.3, 0.4) is 0 Å². The maximum Gasteiger partial charge on any atom is 0.338 e. The number of fused-ring (bicyclic) bond motifs is 3. The van der Waals surface area contributed by atoms with Gasteiger partial charge >= 0.3 is 6.03 Å². The van der Waals surface area contributed by atoms with Gasteiger partial charge in [0.05, 0.1) is 28.2 Å². The number of nitrogens with two attached hydrogens (primary N) is 1. The molecule has 0 saturated carbocycles. The molecule has 1 fully saturated rings. The van der Waals surface area contributed by atoms with Gasteiger partial charge < -0.3 is 16.0 Å². The Morgan fingerprint density at radius 3 is 2.43 bits per heavy atom. The first-order valence-electron chi connectivity index (χ1n) is 12.1. The Morgan fingerprint density at radius 1 is 1.00 bits per heavy atom. The van der Waals surface area contributed by atoms with Crippen molar-refractivity contribution in [2.45, 2.75) is 0 Å². The highest BCUT2D eigenvalue weighted by atomic mass is 16.2. The van der Waals surface area contributed by atoms with Crippen molar-refractivity contribution in [2.75, 3.05) is 48.1 Å². The number of hydrazine groups is 1. The molecule has 2 aromatic carbocycles. The molecule has 2 aliphatic rings. The number of ketones is 1. The SMILES string of the molecule is CN(c1ccncc1)N(C(N)=O)c1cccc2c1C(=O)c1c-2n[nH]c1-c1ccc(N2CCNCC2)cc1. The number of rotatable bonds is 5. The third-order valence-corrected chi connectivity index (χ3v) is 6.93. The number of hydrogen-bond donors (Lipinski definition) is 3. The molecule has 2 aromatic heterocycles. The van der Waals surface area contributed by atoms with Gasteiger partial charge in [0.1, 0.15) is 5.69 Å². The summed E-state index contributed by atoms with van der Waals surface area (Å²) in [6.45, 7) is 3.84. The van der Waals surface area contributed by atoms with Crippen LogP contribution in [0.15, 0.2) is 67.0 Å². The monoisotopic (exact) mass is 494 g/mol. The highest BCUT2D eigenvalue weighted by Crippen LogP contribution is 2.44. The summed E-state index contributed by atoms with van der Waals surface area (Å²) in [6, 6.07) is 16.3. The molecule has 2 amide bonds. The quantitative estimate of drug-likeness (QED) is 0.321. The summed E-state index contributed by atoms with van der Waals surface area (Å²) in [5.41, 5.74) is 11.7. The van der Waals surface area contributed by atoms with Gasteiger partial charge in [-0.05, 0) is 30.3 Å². The lowest BCUT2D eigenvalue weighted by Crippen LogP contribution is -2.48. The standard InChI is InChI=1S/C27H26N8O2/c1-33(18-9-11-29-12-10-18)35(27(28)37)21-4-2-3-20-22(21)26(36)23-24(31-32-25(20)23)17-5-7-19(8-6-17)34-15-13-30-14-16-34/h2-12,30H,13-16H2,1H3,(H2,28,37)(H,31,32). The van der Waals surface area contributed by atoms with Crippen molar-refractivity contribution < 1.29 is 9.59 Å². The smallest absolute Gasteiger partial charge is 0.338 e. The molecular formula is C27H26N8O2. The number of nitrogens with one attached hydrogen (secondary N) is 2. The van der Waals surface area contributed by atoms with E-state index in [1.54, 1.807) is 48.7 Å². The van der Waals surface area contributed by atoms with Crippen LogP contribution in [0, 0.1) is 0 Å². The average Bonchev–Trinajstić information content (AvgIpc) is 3.50. The maximum absolute atomic E-state index is 13.9. The third kappa shape index (κ3) is 3.78. The first kappa shape index (κ1) is 22.7. The number of carbonyl (C=O) groups excluding carboxylic acids is 2. The zero-order valence-corrected chi connectivity index (χ0v) is 20.3. The largest absolute Gasteiger partial charge is 0.369 e. The number of benzene rings is 2. The van der Waals surface area contributed by atoms with Crippen LogP contribution in [-0.2, 0) is 0 Å². The van der Waals surface area contributed by atoms with Gasteiger partial charge in [-0.2, -0.15) is 5.10 Å². The van der Waals surface area contributed by atoms with Gasteiger partial charge in [0, 0.05) is 62.4 Å². The van der Waals surface area contributed by atoms with Crippen LogP contribution in [-0.4, -0.2) is 60.2 Å². The van der Waals surface area contributed by atoms with Crippen molar-refractivity contribution in [3.8, 4) is 22.5 Å². The van der Waals surface area contributed by atoms with E-state index in [2.05, 4.69) is 37.5 Å². The summed E-state index contributed by atoms with van der Waals surface area (Å²) < 4.78 is 0. The summed E-state index contributed by atoms with van der Waals surface area (Å²) in [4.78, 5) is 32.9. The lowest BCUT2D eigenvalue weighted by Gasteiger charge is -2.33. The molecule has 0 unspecified atom stereocenters. The van der Waals surface area contributed by atoms with E-state index in [4.69, 9.17) is 5.73 Å². The van der Waals surface area contributed by atoms with Crippen molar-refractivity contribution in [1.29, 1.82) is 0 Å². The number of aromatic nitrogens is 3. The highest BCUT2D eigenvalue weighted by molar-refractivity contribution is 6.27. The lowest BCUT2D eigenvalue weighted by molar-refractivity contribution is 0.104. The van der Waals surface area contributed by atoms with E-state index < -0.39 is 6.03 Å². The van der Waals surface area contributed by atoms with Gasteiger partial charge in [-0.1, -0.05) is 24.3 Å². The fraction of sp³-hybridized carbons (Fsp3) is 0.185. The van der Waals surface area contributed by atoms with Crippen LogP contribution in [0.4, 0.5) is 21.9 Å². The molecule has 6 rings (SSSR count). The number of hydrogen-bond acceptors (Lipinski definition) is 7. The molecule has 1 aliphatic carbocycles. The predicted octanol–water partition coefficient (Wildman–Crippen LogP) is 3.03. The zero-order chi connectivity index (χ0) is 25.5. The van der Waals surface area contributed by atoms with E-state index >= 15 is 0 Å². The minimum atomic E-state index is -0.713. The molecular weight excluding hydrogens is 468 g/mol. The molecule has 3 heterocycles. The number of primary amides is 1. The minimum absolute atomic E-state index is 0.204. The molecule has 0 radical (unpaired) electrons. The van der Waals surface area contributed by atoms with Crippen molar-refractivity contribution in [1.82, 2.24) is 20.5 Å². The number of pyridine rings is 1. The van der Waals surface area contributed by atoms with E-state index in [9.17, 15) is 9.59 Å². The number of urea groups is 1. The van der Waals surface area contributed by atoms with E-state index in [1.165, 1.54) is 5.01 Å². The molecule has 4 N–H and O–H groups in total. The van der Waals surface area contributed by atoms with Gasteiger partial charge in [0.2, 0.25) is 0 Å². The van der Waals surface area contributed by atoms with Crippen LogP contribution in [0.25, 0.3) is 22.5 Å². The molecule has 1 aliphatic heterocycles. The van der Waals surface area contributed by atoms with Crippen molar-refractivity contribution >= 4 is 28.9 Å². The van der Waals surface area contributed by atoms with Crippen molar-refractivity contribution in [3.05, 3.63) is 78.1 Å². The molecule has 0 atom stereocenters. The maximum atomic E-state index is 13.9. The van der Waals surface area contributed by atoms with E-state index in [0.29, 0.717) is 39.5 Å². The van der Waals surface area contributed by atoms with Crippen LogP contribution in [0.5, 0.6) is 0 Å². The Labute approximate surface area is 213 Å². The number of piperazine rings is 1. The van der Waals surface area contributed by atoms with Gasteiger partial charge in [-0.3, -0.25) is 19.9 Å². The lowest BCUT2D eigenvalue weighted by atomic mass is 10.0. The Bertz CT molecular complexity index is 1480. The van der Waals surface area contributed by atoms with Gasteiger partial charge in [0.15, 0.2) is 5.78 Å². The number of nitrogens with zero attached hydrogens (tertiary/aromatic N) is 5. The molecule has 186 valence electrons. The van der Waals surface area contributed by atoms with E-state index in [-0.39, 0.29) is 5.78 Å². The van der Waals surface area contributed by atoms with E-state index in [0.717, 1.165) is 37.4 Å². The molecule has 0 spiro atoms. The molecule has 1 saturated heterocycles. The second kappa shape index (κ2) is 9.07. The number of aromatic amines is 1. The summed E-state index contributed by atoms with van der Waals surface area (Å²) in [7, 11) is 1.71. The fourth-order valence-corrected chi connectivity index (χ4v) is 5.11. The van der Waals surface area contributed by atoms with Gasteiger partial charge in [-0.25, -0.2) is 9.80 Å². The van der Waals surface area contributed by atoms with Crippen molar-refractivity contribution in [2.24, 2.45) is 5.73 Å². The molecule has 4 aromatic rings. The number of anilines is 3. The number of carbonyl (C=O) groups is 2. The summed E-state index contributed by atoms with van der Waals surface area (Å²) >= 11 is 0. The highest BCUT2D eigenvalue weighted by Gasteiger charge is 2.37. The van der Waals surface area contributed by atoms with E-state index in [1.807, 2.05) is 18.2 Å². The van der Waals surface area contributed by atoms with Gasteiger partial charge in [0.25, 0.3) is 0 Å². The van der Waals surface area contributed by atoms with Crippen LogP contribution in [0.1, 0.15) is 15.9 Å². The second-order valence-electron chi connectivity index (χ2n) is 9.01. The minimum Gasteiger partial charge on any atom is -0.369 e. The fourth-order valence-electron chi connectivity index (χ4n) is 5.11. The van der Waals surface area contributed by atoms with Crippen LogP contribution < -0.4 is 26.0 Å². The van der Waals surface area contributed by atoms with Gasteiger partial charge in [-0.15, -0.1) is 0 Å². The van der Waals surface area contributed by atoms with Crippen LogP contribution >= 0.6 is 0 Å². The summed E-state index contributed by atoms with van der Waals surface area (Å²) in [5, 5.41) is 13.8. The van der Waals surface area contributed by atoms with Crippen LogP contribution in [0.2, 0.25) is 0 Å². The Morgan fingerprint density at radius 2 is 1.73 bits per heavy atom. The number of amides is 2. The second-order valence-corrected chi connectivity index (χ2v) is 9.01. The average molecular weight is 495 g/mol. The molecule has 37 heavy (non-hydrogen) atoms. The Kier molecular flexibility index (Phi) is 5.57. The number of H-pyrrole nitrogens is 1. The Balaban J connectivity index is 1.37. The molecule has 0 bridgehead atoms. The Hall–Kier alpha value is -4.70. The summed E-state index contributed by atoms with van der Waals surface area (Å²) in [6.07, 6.45) is 3.25. The predicted molar refractivity (Wildman–Crippen MR) is 143 cm³/mol. The van der Waals surface area contributed by atoms with Crippen molar-refractivity contribution in [3.63, 3.8) is 0 Å². The zero-order valence-electron chi connectivity index (χ0n) is 20.3. The summed E-state index contributed by atoms with van der Waals surface area (Å²) in [5.74, 6) is -0.204. The third-order valence-electron chi connectivity index (χ3n) is 6.93. The first-order chi connectivity index (χ1) is 18.0. The molecule has 10 heteroatoms. The normalized spacial score (nSPS) is 14.3. The molecule has 10 nitrogen and oxygen atoms in total. The topological polar surface area (TPSA) is 123 Å².